The van der Waals surface area contributed by atoms with Gasteiger partial charge in [0, 0.05) is 18.6 Å². The molecule has 0 amide bonds. The normalized spacial score (nSPS) is 11.8. The van der Waals surface area contributed by atoms with E-state index in [-0.39, 0.29) is 17.8 Å². The number of fused-ring (bicyclic) bond motifs is 1. The zero-order valence-corrected chi connectivity index (χ0v) is 10.3. The number of ether oxygens (including phenoxy) is 1. The Kier molecular flexibility index (Phi) is 3.21. The summed E-state index contributed by atoms with van der Waals surface area (Å²) in [5.41, 5.74) is -1.07. The fourth-order valence-electron chi connectivity index (χ4n) is 1.91. The number of pyridine rings is 1. The SMILES string of the molecule is CCOC(=O)c1cc2ccnc(C(F)(F)F)c2n1C. The van der Waals surface area contributed by atoms with Gasteiger partial charge in [0.05, 0.1) is 12.1 Å². The second-order valence-electron chi connectivity index (χ2n) is 3.90. The number of nitrogens with zero attached hydrogens (tertiary/aromatic N) is 2. The van der Waals surface area contributed by atoms with Crippen molar-refractivity contribution in [2.24, 2.45) is 7.05 Å². The molecule has 0 aliphatic rings. The molecule has 0 radical (unpaired) electrons. The van der Waals surface area contributed by atoms with Crippen LogP contribution in [0.25, 0.3) is 10.9 Å². The van der Waals surface area contributed by atoms with E-state index in [4.69, 9.17) is 4.74 Å². The van der Waals surface area contributed by atoms with Gasteiger partial charge in [0.15, 0.2) is 5.69 Å². The molecule has 7 heteroatoms. The number of alkyl halides is 3. The van der Waals surface area contributed by atoms with Gasteiger partial charge in [-0.25, -0.2) is 9.78 Å². The van der Waals surface area contributed by atoms with Gasteiger partial charge in [0.2, 0.25) is 0 Å². The van der Waals surface area contributed by atoms with Crippen LogP contribution >= 0.6 is 0 Å². The molecular formula is C12H11F3N2O2. The summed E-state index contributed by atoms with van der Waals surface area (Å²) in [6, 6.07) is 2.79. The van der Waals surface area contributed by atoms with Gasteiger partial charge >= 0.3 is 12.1 Å². The lowest BCUT2D eigenvalue weighted by Crippen LogP contribution is -2.13. The fourth-order valence-corrected chi connectivity index (χ4v) is 1.91. The molecule has 102 valence electrons. The number of halogens is 3. The van der Waals surface area contributed by atoms with Crippen molar-refractivity contribution >= 4 is 16.9 Å². The minimum Gasteiger partial charge on any atom is -0.461 e. The van der Waals surface area contributed by atoms with Crippen LogP contribution in [0.4, 0.5) is 13.2 Å². The highest BCUT2D eigenvalue weighted by molar-refractivity contribution is 5.96. The lowest BCUT2D eigenvalue weighted by molar-refractivity contribution is -0.140. The van der Waals surface area contributed by atoms with Gasteiger partial charge in [-0.05, 0) is 19.1 Å². The van der Waals surface area contributed by atoms with E-state index >= 15 is 0 Å². The predicted octanol–water partition coefficient (Wildman–Crippen LogP) is 2.77. The van der Waals surface area contributed by atoms with Gasteiger partial charge in [-0.2, -0.15) is 13.2 Å². The van der Waals surface area contributed by atoms with Crippen molar-refractivity contribution in [1.82, 2.24) is 9.55 Å². The molecule has 4 nitrogen and oxygen atoms in total. The largest absolute Gasteiger partial charge is 0.461 e. The molecule has 19 heavy (non-hydrogen) atoms. The van der Waals surface area contributed by atoms with Crippen LogP contribution in [0.2, 0.25) is 0 Å². The lowest BCUT2D eigenvalue weighted by atomic mass is 10.2. The van der Waals surface area contributed by atoms with Crippen molar-refractivity contribution in [2.75, 3.05) is 6.61 Å². The number of hydrogen-bond acceptors (Lipinski definition) is 3. The Balaban J connectivity index is 2.68. The third kappa shape index (κ3) is 2.27. The summed E-state index contributed by atoms with van der Waals surface area (Å²) in [7, 11) is 1.38. The Morgan fingerprint density at radius 3 is 2.74 bits per heavy atom. The summed E-state index contributed by atoms with van der Waals surface area (Å²) in [6.45, 7) is 1.79. The first-order valence-corrected chi connectivity index (χ1v) is 5.55. The number of aromatic nitrogens is 2. The van der Waals surface area contributed by atoms with E-state index in [1.807, 2.05) is 0 Å². The van der Waals surface area contributed by atoms with Crippen molar-refractivity contribution in [1.29, 1.82) is 0 Å². The number of hydrogen-bond donors (Lipinski definition) is 0. The average Bonchev–Trinajstić information content (AvgIpc) is 2.66. The van der Waals surface area contributed by atoms with Crippen LogP contribution in [-0.4, -0.2) is 22.1 Å². The van der Waals surface area contributed by atoms with Crippen LogP contribution in [0, 0.1) is 0 Å². The van der Waals surface area contributed by atoms with E-state index in [9.17, 15) is 18.0 Å². The van der Waals surface area contributed by atoms with Crippen LogP contribution in [0.3, 0.4) is 0 Å². The molecule has 0 spiro atoms. The van der Waals surface area contributed by atoms with Crippen molar-refractivity contribution in [2.45, 2.75) is 13.1 Å². The summed E-state index contributed by atoms with van der Waals surface area (Å²) >= 11 is 0. The Morgan fingerprint density at radius 1 is 1.47 bits per heavy atom. The third-order valence-corrected chi connectivity index (χ3v) is 2.70. The highest BCUT2D eigenvalue weighted by Crippen LogP contribution is 2.34. The van der Waals surface area contributed by atoms with Gasteiger partial charge < -0.3 is 9.30 Å². The van der Waals surface area contributed by atoms with Crippen molar-refractivity contribution in [3.8, 4) is 0 Å². The third-order valence-electron chi connectivity index (χ3n) is 2.70. The van der Waals surface area contributed by atoms with Gasteiger partial charge in [0.25, 0.3) is 0 Å². The molecule has 2 rings (SSSR count). The summed E-state index contributed by atoms with van der Waals surface area (Å²) in [6.07, 6.45) is -3.50. The minimum absolute atomic E-state index is 0.0651. The number of carbonyl (C=O) groups is 1. The van der Waals surface area contributed by atoms with Crippen LogP contribution < -0.4 is 0 Å². The van der Waals surface area contributed by atoms with Gasteiger partial charge in [-0.15, -0.1) is 0 Å². The van der Waals surface area contributed by atoms with Crippen LogP contribution in [0.15, 0.2) is 18.3 Å². The Morgan fingerprint density at radius 2 is 2.16 bits per heavy atom. The quantitative estimate of drug-likeness (QED) is 0.789. The summed E-state index contributed by atoms with van der Waals surface area (Å²) in [5.74, 6) is -0.658. The number of rotatable bonds is 2. The average molecular weight is 272 g/mol. The van der Waals surface area contributed by atoms with E-state index in [1.165, 1.54) is 19.2 Å². The first-order valence-electron chi connectivity index (χ1n) is 5.55. The van der Waals surface area contributed by atoms with E-state index in [0.29, 0.717) is 5.39 Å². The van der Waals surface area contributed by atoms with E-state index in [1.54, 1.807) is 6.92 Å². The molecule has 0 saturated heterocycles. The van der Waals surface area contributed by atoms with Gasteiger partial charge in [-0.1, -0.05) is 0 Å². The number of esters is 1. The monoisotopic (exact) mass is 272 g/mol. The zero-order chi connectivity index (χ0) is 14.2. The number of carbonyl (C=O) groups excluding carboxylic acids is 1. The molecule has 0 bridgehead atoms. The standard InChI is InChI=1S/C12H11F3N2O2/c1-3-19-11(18)8-6-7-4-5-16-10(12(13,14)15)9(7)17(8)2/h4-6H,3H2,1-2H3. The summed E-state index contributed by atoms with van der Waals surface area (Å²) < 4.78 is 44.6. The molecule has 0 unspecified atom stereocenters. The lowest BCUT2D eigenvalue weighted by Gasteiger charge is -2.09. The Labute approximate surface area is 106 Å². The van der Waals surface area contributed by atoms with Crippen LogP contribution in [0.1, 0.15) is 23.1 Å². The van der Waals surface area contributed by atoms with Gasteiger partial charge in [0.1, 0.15) is 5.69 Å². The molecule has 2 aromatic heterocycles. The van der Waals surface area contributed by atoms with Crippen LogP contribution in [0.5, 0.6) is 0 Å². The summed E-state index contributed by atoms with van der Waals surface area (Å²) in [4.78, 5) is 15.0. The van der Waals surface area contributed by atoms with Crippen LogP contribution in [-0.2, 0) is 18.0 Å². The predicted molar refractivity (Wildman–Crippen MR) is 61.7 cm³/mol. The Bertz CT molecular complexity index is 632. The molecular weight excluding hydrogens is 261 g/mol. The second-order valence-corrected chi connectivity index (χ2v) is 3.90. The van der Waals surface area contributed by atoms with E-state index in [2.05, 4.69) is 4.98 Å². The molecule has 0 aliphatic carbocycles. The molecule has 0 aromatic carbocycles. The zero-order valence-electron chi connectivity index (χ0n) is 10.3. The summed E-state index contributed by atoms with van der Waals surface area (Å²) in [5, 5.41) is 0.299. The minimum atomic E-state index is -4.57. The van der Waals surface area contributed by atoms with Crippen molar-refractivity contribution < 1.29 is 22.7 Å². The molecule has 0 aliphatic heterocycles. The topological polar surface area (TPSA) is 44.1 Å². The van der Waals surface area contributed by atoms with E-state index in [0.717, 1.165) is 10.8 Å². The molecule has 0 atom stereocenters. The molecule has 0 N–H and O–H groups in total. The van der Waals surface area contributed by atoms with E-state index < -0.39 is 17.8 Å². The van der Waals surface area contributed by atoms with Crippen molar-refractivity contribution in [3.63, 3.8) is 0 Å². The Hall–Kier alpha value is -2.05. The highest BCUT2D eigenvalue weighted by atomic mass is 19.4. The second kappa shape index (κ2) is 4.56. The maximum Gasteiger partial charge on any atom is 0.435 e. The smallest absolute Gasteiger partial charge is 0.435 e. The molecule has 2 heterocycles. The van der Waals surface area contributed by atoms with Crippen molar-refractivity contribution in [3.05, 3.63) is 29.7 Å². The molecule has 2 aromatic rings. The fraction of sp³-hybridized carbons (Fsp3) is 0.333. The van der Waals surface area contributed by atoms with Gasteiger partial charge in [-0.3, -0.25) is 0 Å². The molecule has 0 saturated carbocycles. The number of aryl methyl sites for hydroxylation is 1. The highest BCUT2D eigenvalue weighted by Gasteiger charge is 2.36. The maximum absolute atomic E-state index is 12.9. The first kappa shape index (κ1) is 13.4. The molecule has 0 fully saturated rings. The maximum atomic E-state index is 12.9. The first-order chi connectivity index (χ1) is 8.86.